The largest absolute Gasteiger partial charge is 0.481 e. The van der Waals surface area contributed by atoms with Crippen molar-refractivity contribution in [2.75, 3.05) is 13.6 Å². The molecular weight excluding hydrogens is 154 g/mol. The van der Waals surface area contributed by atoms with Crippen LogP contribution in [0.3, 0.4) is 0 Å². The predicted octanol–water partition coefficient (Wildman–Crippen LogP) is 1.05. The summed E-state index contributed by atoms with van der Waals surface area (Å²) in [6, 6.07) is 0.172. The van der Waals surface area contributed by atoms with Gasteiger partial charge in [0.25, 0.3) is 0 Å². The molecule has 0 bridgehead atoms. The second-order valence-electron chi connectivity index (χ2n) is 3.85. The molecule has 0 aromatic rings. The Morgan fingerprint density at radius 1 is 1.50 bits per heavy atom. The minimum atomic E-state index is -0.651. The monoisotopic (exact) mass is 171 g/mol. The van der Waals surface area contributed by atoms with Crippen molar-refractivity contribution in [1.29, 1.82) is 0 Å². The summed E-state index contributed by atoms with van der Waals surface area (Å²) in [5, 5.41) is 8.97. The first kappa shape index (κ1) is 9.52. The molecular formula is C9H17NO2. The third-order valence-electron chi connectivity index (χ3n) is 3.05. The van der Waals surface area contributed by atoms with E-state index in [2.05, 4.69) is 4.90 Å². The normalized spacial score (nSPS) is 38.1. The van der Waals surface area contributed by atoms with Crippen LogP contribution in [-0.2, 0) is 4.79 Å². The summed E-state index contributed by atoms with van der Waals surface area (Å²) in [5.41, 5.74) is 0. The van der Waals surface area contributed by atoms with E-state index in [9.17, 15) is 4.79 Å². The molecule has 0 aromatic carbocycles. The van der Waals surface area contributed by atoms with Crippen molar-refractivity contribution in [2.24, 2.45) is 11.8 Å². The minimum Gasteiger partial charge on any atom is -0.481 e. The zero-order chi connectivity index (χ0) is 9.30. The summed E-state index contributed by atoms with van der Waals surface area (Å²) in [6.07, 6.45) is 0.998. The highest BCUT2D eigenvalue weighted by Gasteiger charge is 2.35. The van der Waals surface area contributed by atoms with Crippen molar-refractivity contribution in [3.8, 4) is 0 Å². The van der Waals surface area contributed by atoms with E-state index < -0.39 is 5.97 Å². The van der Waals surface area contributed by atoms with E-state index in [0.717, 1.165) is 13.0 Å². The number of piperidine rings is 1. The minimum absolute atomic E-state index is 0.172. The fourth-order valence-corrected chi connectivity index (χ4v) is 1.99. The second-order valence-corrected chi connectivity index (χ2v) is 3.85. The van der Waals surface area contributed by atoms with Crippen LogP contribution in [0.15, 0.2) is 0 Å². The van der Waals surface area contributed by atoms with Crippen LogP contribution in [0.4, 0.5) is 0 Å². The summed E-state index contributed by atoms with van der Waals surface area (Å²) >= 11 is 0. The van der Waals surface area contributed by atoms with Crippen LogP contribution >= 0.6 is 0 Å². The fraction of sp³-hybridized carbons (Fsp3) is 0.889. The quantitative estimate of drug-likeness (QED) is 0.641. The second kappa shape index (κ2) is 3.44. The van der Waals surface area contributed by atoms with Gasteiger partial charge in [-0.15, -0.1) is 0 Å². The maximum atomic E-state index is 10.9. The first-order valence-corrected chi connectivity index (χ1v) is 4.47. The van der Waals surface area contributed by atoms with Gasteiger partial charge in [0.2, 0.25) is 0 Å². The van der Waals surface area contributed by atoms with Crippen LogP contribution < -0.4 is 0 Å². The molecule has 3 heteroatoms. The fourth-order valence-electron chi connectivity index (χ4n) is 1.99. The van der Waals surface area contributed by atoms with Gasteiger partial charge in [-0.1, -0.05) is 6.92 Å². The summed E-state index contributed by atoms with van der Waals surface area (Å²) in [7, 11) is 1.99. The Labute approximate surface area is 73.4 Å². The van der Waals surface area contributed by atoms with Crippen molar-refractivity contribution in [2.45, 2.75) is 26.3 Å². The molecule has 1 heterocycles. The molecule has 0 radical (unpaired) electrons. The maximum absolute atomic E-state index is 10.9. The van der Waals surface area contributed by atoms with E-state index in [-0.39, 0.29) is 12.0 Å². The van der Waals surface area contributed by atoms with Crippen molar-refractivity contribution < 1.29 is 9.90 Å². The zero-order valence-corrected chi connectivity index (χ0v) is 7.95. The molecule has 1 rings (SSSR count). The molecule has 0 spiro atoms. The molecule has 70 valence electrons. The van der Waals surface area contributed by atoms with Crippen LogP contribution in [-0.4, -0.2) is 35.6 Å². The molecule has 12 heavy (non-hydrogen) atoms. The number of carboxylic acid groups (broad SMARTS) is 1. The van der Waals surface area contributed by atoms with E-state index >= 15 is 0 Å². The van der Waals surface area contributed by atoms with Crippen LogP contribution in [0.5, 0.6) is 0 Å². The van der Waals surface area contributed by atoms with Crippen molar-refractivity contribution in [3.05, 3.63) is 0 Å². The molecule has 1 fully saturated rings. The molecule has 1 N–H and O–H groups in total. The number of hydrogen-bond donors (Lipinski definition) is 1. The van der Waals surface area contributed by atoms with Gasteiger partial charge in [-0.2, -0.15) is 0 Å². The summed E-state index contributed by atoms with van der Waals surface area (Å²) in [6.45, 7) is 5.04. The molecule has 0 aliphatic carbocycles. The smallest absolute Gasteiger partial charge is 0.308 e. The maximum Gasteiger partial charge on any atom is 0.308 e. The SMILES string of the molecule is CC1CCN(C)C(C)C1C(=O)O. The van der Waals surface area contributed by atoms with Gasteiger partial charge >= 0.3 is 5.97 Å². The van der Waals surface area contributed by atoms with Crippen LogP contribution in [0.2, 0.25) is 0 Å². The van der Waals surface area contributed by atoms with Gasteiger partial charge in [0.1, 0.15) is 0 Å². The number of aliphatic carboxylic acids is 1. The Morgan fingerprint density at radius 2 is 2.08 bits per heavy atom. The lowest BCUT2D eigenvalue weighted by atomic mass is 9.82. The molecule has 3 unspecified atom stereocenters. The third-order valence-corrected chi connectivity index (χ3v) is 3.05. The lowest BCUT2D eigenvalue weighted by molar-refractivity contribution is -0.147. The van der Waals surface area contributed by atoms with Crippen molar-refractivity contribution in [3.63, 3.8) is 0 Å². The lowest BCUT2D eigenvalue weighted by Crippen LogP contribution is -2.47. The molecule has 3 nitrogen and oxygen atoms in total. The van der Waals surface area contributed by atoms with Gasteiger partial charge in [0, 0.05) is 6.04 Å². The molecule has 0 saturated carbocycles. The number of likely N-dealkylation sites (tertiary alicyclic amines) is 1. The van der Waals surface area contributed by atoms with E-state index in [1.165, 1.54) is 0 Å². The Kier molecular flexibility index (Phi) is 2.73. The lowest BCUT2D eigenvalue weighted by Gasteiger charge is -2.38. The topological polar surface area (TPSA) is 40.5 Å². The van der Waals surface area contributed by atoms with Gasteiger partial charge in [-0.3, -0.25) is 4.79 Å². The third kappa shape index (κ3) is 1.61. The van der Waals surface area contributed by atoms with E-state index in [4.69, 9.17) is 5.11 Å². The summed E-state index contributed by atoms with van der Waals surface area (Å²) in [5.74, 6) is -0.529. The van der Waals surface area contributed by atoms with Crippen LogP contribution in [0.25, 0.3) is 0 Å². The number of rotatable bonds is 1. The first-order chi connectivity index (χ1) is 5.54. The summed E-state index contributed by atoms with van der Waals surface area (Å²) < 4.78 is 0. The standard InChI is InChI=1S/C9H17NO2/c1-6-4-5-10(3)7(2)8(6)9(11)12/h6-8H,4-5H2,1-3H3,(H,11,12). The van der Waals surface area contributed by atoms with Gasteiger partial charge < -0.3 is 10.0 Å². The van der Waals surface area contributed by atoms with E-state index in [1.54, 1.807) is 0 Å². The van der Waals surface area contributed by atoms with Gasteiger partial charge in [0.05, 0.1) is 5.92 Å². The average Bonchev–Trinajstić information content (AvgIpc) is 1.97. The van der Waals surface area contributed by atoms with Crippen LogP contribution in [0.1, 0.15) is 20.3 Å². The number of carboxylic acids is 1. The van der Waals surface area contributed by atoms with Crippen molar-refractivity contribution >= 4 is 5.97 Å². The Hall–Kier alpha value is -0.570. The van der Waals surface area contributed by atoms with E-state index in [1.807, 2.05) is 20.9 Å². The van der Waals surface area contributed by atoms with E-state index in [0.29, 0.717) is 5.92 Å². The Bertz CT molecular complexity index is 181. The average molecular weight is 171 g/mol. The number of hydrogen-bond acceptors (Lipinski definition) is 2. The molecule has 3 atom stereocenters. The Balaban J connectivity index is 2.71. The van der Waals surface area contributed by atoms with Crippen molar-refractivity contribution in [1.82, 2.24) is 4.90 Å². The molecule has 0 amide bonds. The van der Waals surface area contributed by atoms with Gasteiger partial charge in [-0.05, 0) is 32.9 Å². The highest BCUT2D eigenvalue weighted by Crippen LogP contribution is 2.27. The first-order valence-electron chi connectivity index (χ1n) is 4.47. The zero-order valence-electron chi connectivity index (χ0n) is 7.95. The predicted molar refractivity (Wildman–Crippen MR) is 47.0 cm³/mol. The Morgan fingerprint density at radius 3 is 2.50 bits per heavy atom. The van der Waals surface area contributed by atoms with Gasteiger partial charge in [-0.25, -0.2) is 0 Å². The van der Waals surface area contributed by atoms with Crippen LogP contribution in [0, 0.1) is 11.8 Å². The highest BCUT2D eigenvalue weighted by molar-refractivity contribution is 5.71. The summed E-state index contributed by atoms with van der Waals surface area (Å²) in [4.78, 5) is 13.0. The number of carbonyl (C=O) groups is 1. The molecule has 1 saturated heterocycles. The molecule has 1 aliphatic heterocycles. The molecule has 0 aromatic heterocycles. The number of nitrogens with zero attached hydrogens (tertiary/aromatic N) is 1. The highest BCUT2D eigenvalue weighted by atomic mass is 16.4. The van der Waals surface area contributed by atoms with Gasteiger partial charge in [0.15, 0.2) is 0 Å². The molecule has 1 aliphatic rings.